The first-order valence-corrected chi connectivity index (χ1v) is 5.76. The van der Waals surface area contributed by atoms with E-state index in [1.807, 2.05) is 13.8 Å². The third kappa shape index (κ3) is 4.06. The van der Waals surface area contributed by atoms with Crippen molar-refractivity contribution in [3.8, 4) is 0 Å². The van der Waals surface area contributed by atoms with E-state index in [9.17, 15) is 13.9 Å². The molecule has 0 heterocycles. The van der Waals surface area contributed by atoms with Crippen molar-refractivity contribution >= 4 is 0 Å². The second kappa shape index (κ2) is 6.07. The first kappa shape index (κ1) is 14.1. The monoisotopic (exact) mass is 243 g/mol. The number of nitrogens with one attached hydrogen (secondary N) is 1. The summed E-state index contributed by atoms with van der Waals surface area (Å²) in [6, 6.07) is 3.55. The van der Waals surface area contributed by atoms with Gasteiger partial charge in [-0.2, -0.15) is 0 Å². The van der Waals surface area contributed by atoms with Gasteiger partial charge < -0.3 is 10.4 Å². The molecule has 1 rings (SSSR count). The molecule has 2 nitrogen and oxygen atoms in total. The molecule has 1 unspecified atom stereocenters. The fraction of sp³-hybridized carbons (Fsp3) is 0.538. The number of aliphatic hydroxyl groups is 1. The van der Waals surface area contributed by atoms with Gasteiger partial charge in [0.1, 0.15) is 11.6 Å². The van der Waals surface area contributed by atoms with Gasteiger partial charge in [0.05, 0.1) is 0 Å². The maximum absolute atomic E-state index is 13.3. The molecule has 1 atom stereocenters. The van der Waals surface area contributed by atoms with Gasteiger partial charge in [-0.25, -0.2) is 8.78 Å². The molecule has 0 spiro atoms. The van der Waals surface area contributed by atoms with E-state index in [4.69, 9.17) is 0 Å². The number of halogens is 2. The third-order valence-corrected chi connectivity index (χ3v) is 3.12. The number of hydrogen-bond donors (Lipinski definition) is 2. The van der Waals surface area contributed by atoms with Gasteiger partial charge in [0.15, 0.2) is 0 Å². The van der Waals surface area contributed by atoms with Crippen LogP contribution in [0.25, 0.3) is 0 Å². The molecule has 17 heavy (non-hydrogen) atoms. The normalized spacial score (nSPS) is 14.6. The van der Waals surface area contributed by atoms with Crippen LogP contribution in [-0.4, -0.2) is 18.3 Å². The Kier molecular flexibility index (Phi) is 5.02. The van der Waals surface area contributed by atoms with Gasteiger partial charge in [-0.1, -0.05) is 19.9 Å². The van der Waals surface area contributed by atoms with E-state index in [0.29, 0.717) is 18.7 Å². The minimum Gasteiger partial charge on any atom is -0.396 e. The van der Waals surface area contributed by atoms with Crippen molar-refractivity contribution < 1.29 is 13.9 Å². The van der Waals surface area contributed by atoms with Crippen LogP contribution in [0.3, 0.4) is 0 Å². The average molecular weight is 243 g/mol. The van der Waals surface area contributed by atoms with Crippen LogP contribution < -0.4 is 5.32 Å². The Bertz CT molecular complexity index is 364. The van der Waals surface area contributed by atoms with Gasteiger partial charge >= 0.3 is 0 Å². The van der Waals surface area contributed by atoms with E-state index < -0.39 is 11.6 Å². The molecule has 0 fully saturated rings. The first-order chi connectivity index (χ1) is 8.00. The molecule has 4 heteroatoms. The Morgan fingerprint density at radius 3 is 2.59 bits per heavy atom. The molecule has 0 radical (unpaired) electrons. The molecule has 96 valence electrons. The molecule has 1 aromatic carbocycles. The Morgan fingerprint density at radius 2 is 2.06 bits per heavy atom. The lowest BCUT2D eigenvalue weighted by Gasteiger charge is -2.25. The Hall–Kier alpha value is -1.00. The van der Waals surface area contributed by atoms with Gasteiger partial charge in [0.25, 0.3) is 0 Å². The number of aliphatic hydroxyl groups excluding tert-OH is 1. The van der Waals surface area contributed by atoms with E-state index in [-0.39, 0.29) is 12.0 Å². The fourth-order valence-electron chi connectivity index (χ4n) is 1.46. The lowest BCUT2D eigenvalue weighted by atomic mass is 9.88. The number of hydrogen-bond acceptors (Lipinski definition) is 2. The third-order valence-electron chi connectivity index (χ3n) is 3.12. The average Bonchev–Trinajstić information content (AvgIpc) is 2.32. The lowest BCUT2D eigenvalue weighted by Crippen LogP contribution is -2.34. The summed E-state index contributed by atoms with van der Waals surface area (Å²) < 4.78 is 26.0. The standard InChI is InChI=1S/C13H19F2NO/c1-3-13(2,9-17)8-16-7-10-4-5-11(14)6-12(10)15/h4-6,16-17H,3,7-9H2,1-2H3. The summed E-state index contributed by atoms with van der Waals surface area (Å²) in [7, 11) is 0. The zero-order chi connectivity index (χ0) is 12.9. The largest absolute Gasteiger partial charge is 0.396 e. The van der Waals surface area contributed by atoms with Crippen LogP contribution in [0.5, 0.6) is 0 Å². The summed E-state index contributed by atoms with van der Waals surface area (Å²) in [4.78, 5) is 0. The highest BCUT2D eigenvalue weighted by Gasteiger charge is 2.20. The molecular weight excluding hydrogens is 224 g/mol. The van der Waals surface area contributed by atoms with Crippen LogP contribution in [0.4, 0.5) is 8.78 Å². The molecule has 0 aromatic heterocycles. The quantitative estimate of drug-likeness (QED) is 0.804. The van der Waals surface area contributed by atoms with Crippen molar-refractivity contribution in [1.29, 1.82) is 0 Å². The first-order valence-electron chi connectivity index (χ1n) is 5.76. The minimum absolute atomic E-state index is 0.0857. The van der Waals surface area contributed by atoms with Gasteiger partial charge in [0, 0.05) is 36.7 Å². The predicted molar refractivity (Wildman–Crippen MR) is 63.5 cm³/mol. The molecule has 0 bridgehead atoms. The molecule has 2 N–H and O–H groups in total. The highest BCUT2D eigenvalue weighted by molar-refractivity contribution is 5.18. The Balaban J connectivity index is 2.51. The van der Waals surface area contributed by atoms with E-state index in [1.54, 1.807) is 0 Å². The summed E-state index contributed by atoms with van der Waals surface area (Å²) in [5.41, 5.74) is 0.235. The van der Waals surface area contributed by atoms with Crippen LogP contribution in [0.2, 0.25) is 0 Å². The van der Waals surface area contributed by atoms with Crippen molar-refractivity contribution in [2.45, 2.75) is 26.8 Å². The maximum Gasteiger partial charge on any atom is 0.130 e. The zero-order valence-electron chi connectivity index (χ0n) is 10.3. The minimum atomic E-state index is -0.569. The summed E-state index contributed by atoms with van der Waals surface area (Å²) >= 11 is 0. The summed E-state index contributed by atoms with van der Waals surface area (Å²) in [6.07, 6.45) is 0.836. The van der Waals surface area contributed by atoms with Gasteiger partial charge in [-0.05, 0) is 12.5 Å². The molecule has 0 aliphatic rings. The highest BCUT2D eigenvalue weighted by atomic mass is 19.1. The molecular formula is C13H19F2NO. The predicted octanol–water partition coefficient (Wildman–Crippen LogP) is 2.46. The fourth-order valence-corrected chi connectivity index (χ4v) is 1.46. The summed E-state index contributed by atoms with van der Waals surface area (Å²) in [5, 5.41) is 12.3. The van der Waals surface area contributed by atoms with Crippen LogP contribution in [-0.2, 0) is 6.54 Å². The van der Waals surface area contributed by atoms with E-state index in [1.165, 1.54) is 12.1 Å². The van der Waals surface area contributed by atoms with E-state index in [2.05, 4.69) is 5.32 Å². The van der Waals surface area contributed by atoms with Gasteiger partial charge in [-0.3, -0.25) is 0 Å². The Labute approximate surface area is 101 Å². The summed E-state index contributed by atoms with van der Waals surface area (Å²) in [5.74, 6) is -1.11. The van der Waals surface area contributed by atoms with Crippen LogP contribution in [0, 0.1) is 17.0 Å². The molecule has 1 aromatic rings. The zero-order valence-corrected chi connectivity index (χ0v) is 10.3. The SMILES string of the molecule is CCC(C)(CO)CNCc1ccc(F)cc1F. The smallest absolute Gasteiger partial charge is 0.130 e. The number of rotatable bonds is 6. The van der Waals surface area contributed by atoms with Crippen molar-refractivity contribution in [2.24, 2.45) is 5.41 Å². The maximum atomic E-state index is 13.3. The topological polar surface area (TPSA) is 32.3 Å². The van der Waals surface area contributed by atoms with Crippen molar-refractivity contribution in [3.63, 3.8) is 0 Å². The molecule has 0 saturated carbocycles. The molecule has 0 saturated heterocycles. The second-order valence-electron chi connectivity index (χ2n) is 4.66. The van der Waals surface area contributed by atoms with Gasteiger partial charge in [0.2, 0.25) is 0 Å². The van der Waals surface area contributed by atoms with Crippen LogP contribution >= 0.6 is 0 Å². The van der Waals surface area contributed by atoms with Gasteiger partial charge in [-0.15, -0.1) is 0 Å². The van der Waals surface area contributed by atoms with Crippen LogP contribution in [0.1, 0.15) is 25.8 Å². The van der Waals surface area contributed by atoms with E-state index in [0.717, 1.165) is 12.5 Å². The highest BCUT2D eigenvalue weighted by Crippen LogP contribution is 2.18. The second-order valence-corrected chi connectivity index (χ2v) is 4.66. The lowest BCUT2D eigenvalue weighted by molar-refractivity contribution is 0.135. The van der Waals surface area contributed by atoms with Crippen LogP contribution in [0.15, 0.2) is 18.2 Å². The van der Waals surface area contributed by atoms with E-state index >= 15 is 0 Å². The van der Waals surface area contributed by atoms with Crippen molar-refractivity contribution in [1.82, 2.24) is 5.32 Å². The Morgan fingerprint density at radius 1 is 1.35 bits per heavy atom. The molecule has 0 aliphatic carbocycles. The molecule has 0 aliphatic heterocycles. The molecule has 0 amide bonds. The van der Waals surface area contributed by atoms with Crippen molar-refractivity contribution in [3.05, 3.63) is 35.4 Å². The van der Waals surface area contributed by atoms with Crippen molar-refractivity contribution in [2.75, 3.05) is 13.2 Å². The number of benzene rings is 1. The summed E-state index contributed by atoms with van der Waals surface area (Å²) in [6.45, 7) is 4.97.